The summed E-state index contributed by atoms with van der Waals surface area (Å²) in [5, 5.41) is 15.0. The predicted molar refractivity (Wildman–Crippen MR) is 107 cm³/mol. The lowest BCUT2D eigenvalue weighted by Gasteiger charge is -2.04. The van der Waals surface area contributed by atoms with Crippen molar-refractivity contribution in [3.8, 4) is 11.5 Å². The van der Waals surface area contributed by atoms with Gasteiger partial charge in [0.2, 0.25) is 11.8 Å². The average molecular weight is 409 g/mol. The van der Waals surface area contributed by atoms with Crippen LogP contribution in [0.15, 0.2) is 58.1 Å². The molecule has 9 heteroatoms. The van der Waals surface area contributed by atoms with E-state index in [1.54, 1.807) is 10.6 Å². The van der Waals surface area contributed by atoms with Gasteiger partial charge in [-0.05, 0) is 31.2 Å². The number of rotatable bonds is 4. The molecule has 2 aromatic carbocycles. The summed E-state index contributed by atoms with van der Waals surface area (Å²) in [6, 6.07) is 15.3. The van der Waals surface area contributed by atoms with Gasteiger partial charge in [-0.3, -0.25) is 0 Å². The summed E-state index contributed by atoms with van der Waals surface area (Å²) in [6.07, 6.45) is 0. The first-order valence-corrected chi connectivity index (χ1v) is 9.87. The van der Waals surface area contributed by atoms with Crippen LogP contribution < -0.4 is 0 Å². The lowest BCUT2D eigenvalue weighted by molar-refractivity contribution is 0.528. The Bertz CT molecular complexity index is 1310. The summed E-state index contributed by atoms with van der Waals surface area (Å²) in [6.45, 7) is 1.87. The first-order chi connectivity index (χ1) is 13.7. The zero-order chi connectivity index (χ0) is 19.1. The maximum Gasteiger partial charge on any atom is 0.249 e. The highest BCUT2D eigenvalue weighted by Gasteiger charge is 2.15. The molecule has 0 saturated carbocycles. The molecule has 0 unspecified atom stereocenters. The van der Waals surface area contributed by atoms with E-state index in [0.717, 1.165) is 16.6 Å². The molecule has 5 rings (SSSR count). The minimum atomic E-state index is 0.398. The predicted octanol–water partition coefficient (Wildman–Crippen LogP) is 4.58. The van der Waals surface area contributed by atoms with Gasteiger partial charge in [0.05, 0.1) is 21.9 Å². The number of thioether (sulfide) groups is 1. The van der Waals surface area contributed by atoms with Crippen molar-refractivity contribution in [3.05, 3.63) is 65.3 Å². The molecule has 0 bridgehead atoms. The number of aromatic nitrogens is 6. The minimum Gasteiger partial charge on any atom is -0.420 e. The quantitative estimate of drug-likeness (QED) is 0.318. The van der Waals surface area contributed by atoms with E-state index in [1.807, 2.05) is 49.4 Å². The second kappa shape index (κ2) is 6.88. The zero-order valence-electron chi connectivity index (χ0n) is 14.7. The molecular formula is C19H13ClN6OS. The highest BCUT2D eigenvalue weighted by Crippen LogP contribution is 2.29. The molecule has 3 heterocycles. The number of halogens is 1. The molecule has 28 heavy (non-hydrogen) atoms. The van der Waals surface area contributed by atoms with E-state index in [1.165, 1.54) is 11.8 Å². The van der Waals surface area contributed by atoms with Gasteiger partial charge < -0.3 is 4.42 Å². The molecule has 0 fully saturated rings. The maximum absolute atomic E-state index is 6.20. The molecule has 5 aromatic rings. The smallest absolute Gasteiger partial charge is 0.249 e. The Morgan fingerprint density at radius 3 is 2.75 bits per heavy atom. The van der Waals surface area contributed by atoms with Crippen molar-refractivity contribution in [3.63, 3.8) is 0 Å². The van der Waals surface area contributed by atoms with Crippen LogP contribution in [-0.2, 0) is 5.75 Å². The monoisotopic (exact) mass is 408 g/mol. The van der Waals surface area contributed by atoms with E-state index in [0.29, 0.717) is 39.1 Å². The van der Waals surface area contributed by atoms with Crippen molar-refractivity contribution in [2.75, 3.05) is 0 Å². The van der Waals surface area contributed by atoms with Crippen LogP contribution >= 0.6 is 23.4 Å². The lowest BCUT2D eigenvalue weighted by atomic mass is 10.2. The fourth-order valence-electron chi connectivity index (χ4n) is 2.91. The van der Waals surface area contributed by atoms with Crippen LogP contribution in [0.1, 0.15) is 11.7 Å². The molecule has 0 N–H and O–H groups in total. The van der Waals surface area contributed by atoms with E-state index in [-0.39, 0.29) is 0 Å². The minimum absolute atomic E-state index is 0.398. The summed E-state index contributed by atoms with van der Waals surface area (Å²) in [5.41, 5.74) is 2.37. The molecule has 0 aliphatic carbocycles. The van der Waals surface area contributed by atoms with Crippen molar-refractivity contribution in [2.24, 2.45) is 0 Å². The zero-order valence-corrected chi connectivity index (χ0v) is 16.3. The van der Waals surface area contributed by atoms with E-state index in [9.17, 15) is 0 Å². The standard InChI is InChI=1S/C19H13ClN6OS/c1-11-21-17-13-7-3-5-9-15(13)22-19(26(17)25-11)28-10-16-23-24-18(27-16)12-6-2-4-8-14(12)20/h2-9H,10H2,1H3. The molecule has 3 aromatic heterocycles. The van der Waals surface area contributed by atoms with E-state index in [4.69, 9.17) is 21.0 Å². The third kappa shape index (κ3) is 3.00. The third-order valence-corrected chi connectivity index (χ3v) is 5.39. The number of hydrogen-bond donors (Lipinski definition) is 0. The Kier molecular flexibility index (Phi) is 4.22. The Morgan fingerprint density at radius 1 is 1.04 bits per heavy atom. The molecule has 0 radical (unpaired) electrons. The van der Waals surface area contributed by atoms with E-state index >= 15 is 0 Å². The number of hydrogen-bond acceptors (Lipinski definition) is 7. The van der Waals surface area contributed by atoms with Crippen molar-refractivity contribution < 1.29 is 4.42 Å². The van der Waals surface area contributed by atoms with Crippen LogP contribution in [0.25, 0.3) is 28.0 Å². The van der Waals surface area contributed by atoms with Gasteiger partial charge in [-0.2, -0.15) is 4.52 Å². The Hall–Kier alpha value is -2.97. The average Bonchev–Trinajstić information content (AvgIpc) is 3.33. The van der Waals surface area contributed by atoms with Gasteiger partial charge in [0, 0.05) is 5.39 Å². The first-order valence-electron chi connectivity index (χ1n) is 8.51. The number of benzene rings is 2. The van der Waals surface area contributed by atoms with Crippen molar-refractivity contribution >= 4 is 39.9 Å². The SMILES string of the molecule is Cc1nc2c3ccccc3nc(SCc3nnc(-c4ccccc4Cl)o3)n2n1. The summed E-state index contributed by atoms with van der Waals surface area (Å²) in [5.74, 6) is 2.03. The van der Waals surface area contributed by atoms with Gasteiger partial charge in [-0.25, -0.2) is 9.97 Å². The Balaban J connectivity index is 1.47. The maximum atomic E-state index is 6.20. The van der Waals surface area contributed by atoms with Crippen LogP contribution in [0.3, 0.4) is 0 Å². The summed E-state index contributed by atoms with van der Waals surface area (Å²) < 4.78 is 7.53. The van der Waals surface area contributed by atoms with Crippen molar-refractivity contribution in [2.45, 2.75) is 17.8 Å². The summed E-state index contributed by atoms with van der Waals surface area (Å²) in [4.78, 5) is 9.27. The molecular weight excluding hydrogens is 396 g/mol. The molecule has 7 nitrogen and oxygen atoms in total. The van der Waals surface area contributed by atoms with Gasteiger partial charge in [0.25, 0.3) is 0 Å². The van der Waals surface area contributed by atoms with Crippen LogP contribution in [-0.4, -0.2) is 29.8 Å². The van der Waals surface area contributed by atoms with Gasteiger partial charge in [0.15, 0.2) is 10.8 Å². The molecule has 0 amide bonds. The fraction of sp³-hybridized carbons (Fsp3) is 0.105. The van der Waals surface area contributed by atoms with E-state index < -0.39 is 0 Å². The first kappa shape index (κ1) is 17.2. The van der Waals surface area contributed by atoms with Gasteiger partial charge in [-0.15, -0.1) is 15.3 Å². The van der Waals surface area contributed by atoms with E-state index in [2.05, 4.69) is 20.3 Å². The molecule has 0 spiro atoms. The summed E-state index contributed by atoms with van der Waals surface area (Å²) >= 11 is 7.67. The topological polar surface area (TPSA) is 82.0 Å². The number of nitrogens with zero attached hydrogens (tertiary/aromatic N) is 6. The summed E-state index contributed by atoms with van der Waals surface area (Å²) in [7, 11) is 0. The van der Waals surface area contributed by atoms with Crippen LogP contribution in [0, 0.1) is 6.92 Å². The fourth-order valence-corrected chi connectivity index (χ4v) is 3.91. The van der Waals surface area contributed by atoms with Crippen LogP contribution in [0.2, 0.25) is 5.02 Å². The third-order valence-electron chi connectivity index (χ3n) is 4.15. The Morgan fingerprint density at radius 2 is 1.86 bits per heavy atom. The normalized spacial score (nSPS) is 11.5. The van der Waals surface area contributed by atoms with Gasteiger partial charge in [0.1, 0.15) is 5.82 Å². The lowest BCUT2D eigenvalue weighted by Crippen LogP contribution is -1.98. The van der Waals surface area contributed by atoms with Gasteiger partial charge >= 0.3 is 0 Å². The van der Waals surface area contributed by atoms with Crippen molar-refractivity contribution in [1.29, 1.82) is 0 Å². The second-order valence-electron chi connectivity index (χ2n) is 6.08. The van der Waals surface area contributed by atoms with Crippen LogP contribution in [0.5, 0.6) is 0 Å². The molecule has 138 valence electrons. The van der Waals surface area contributed by atoms with Crippen LogP contribution in [0.4, 0.5) is 0 Å². The number of aryl methyl sites for hydroxylation is 1. The highest BCUT2D eigenvalue weighted by molar-refractivity contribution is 7.98. The van der Waals surface area contributed by atoms with Gasteiger partial charge in [-0.1, -0.05) is 47.6 Å². The molecule has 0 aliphatic heterocycles. The largest absolute Gasteiger partial charge is 0.420 e. The molecule has 0 saturated heterocycles. The molecule has 0 atom stereocenters. The number of fused-ring (bicyclic) bond motifs is 3. The highest BCUT2D eigenvalue weighted by atomic mass is 35.5. The Labute approximate surface area is 168 Å². The second-order valence-corrected chi connectivity index (χ2v) is 7.43. The number of para-hydroxylation sites is 1. The van der Waals surface area contributed by atoms with Crippen molar-refractivity contribution in [1.82, 2.24) is 29.8 Å². The molecule has 0 aliphatic rings.